The van der Waals surface area contributed by atoms with Crippen LogP contribution in [0.5, 0.6) is 0 Å². The molecule has 2 atom stereocenters. The van der Waals surface area contributed by atoms with E-state index in [9.17, 15) is 14.1 Å². The number of rotatable bonds is 3. The van der Waals surface area contributed by atoms with E-state index in [1.54, 1.807) is 4.90 Å². The van der Waals surface area contributed by atoms with Gasteiger partial charge in [0.1, 0.15) is 0 Å². The van der Waals surface area contributed by atoms with Crippen LogP contribution in [-0.2, 0) is 15.6 Å². The molecule has 1 aliphatic rings. The van der Waals surface area contributed by atoms with Crippen molar-refractivity contribution in [1.29, 1.82) is 0 Å². The van der Waals surface area contributed by atoms with Crippen LogP contribution in [0.4, 0.5) is 0 Å². The lowest BCUT2D eigenvalue weighted by atomic mass is 10.1. The number of hydrogen-bond donors (Lipinski definition) is 1. The second kappa shape index (κ2) is 6.06. The summed E-state index contributed by atoms with van der Waals surface area (Å²) in [6.07, 6.45) is -0.702. The van der Waals surface area contributed by atoms with Gasteiger partial charge in [-0.1, -0.05) is 30.3 Å². The summed E-state index contributed by atoms with van der Waals surface area (Å²) in [6, 6.07) is 9.19. The van der Waals surface area contributed by atoms with Crippen LogP contribution in [0, 0.1) is 0 Å². The second-order valence-corrected chi connectivity index (χ2v) is 7.96. The molecule has 2 rings (SSSR count). The van der Waals surface area contributed by atoms with Crippen LogP contribution in [0.3, 0.4) is 0 Å². The molecular formula is C15H21NO3S. The maximum absolute atomic E-state index is 12.2. The number of benzene rings is 1. The van der Waals surface area contributed by atoms with Crippen molar-refractivity contribution >= 4 is 16.7 Å². The van der Waals surface area contributed by atoms with E-state index in [1.807, 2.05) is 44.2 Å². The van der Waals surface area contributed by atoms with Crippen molar-refractivity contribution in [2.75, 3.05) is 18.8 Å². The van der Waals surface area contributed by atoms with Crippen molar-refractivity contribution in [3.63, 3.8) is 0 Å². The van der Waals surface area contributed by atoms with E-state index in [2.05, 4.69) is 0 Å². The quantitative estimate of drug-likeness (QED) is 0.919. The molecule has 0 aliphatic carbocycles. The summed E-state index contributed by atoms with van der Waals surface area (Å²) in [5.41, 5.74) is 0.751. The SMILES string of the molecule is CC1(C)CN(C(=O)CC(O)c2ccccc2)CCS1=O. The van der Waals surface area contributed by atoms with E-state index in [0.717, 1.165) is 5.56 Å². The van der Waals surface area contributed by atoms with Gasteiger partial charge in [0.05, 0.1) is 17.3 Å². The highest BCUT2D eigenvalue weighted by Crippen LogP contribution is 2.23. The molecule has 20 heavy (non-hydrogen) atoms. The average molecular weight is 295 g/mol. The molecule has 0 spiro atoms. The molecule has 5 heteroatoms. The fourth-order valence-corrected chi connectivity index (χ4v) is 3.62. The number of hydrogen-bond acceptors (Lipinski definition) is 3. The molecular weight excluding hydrogens is 274 g/mol. The number of carbonyl (C=O) groups is 1. The zero-order chi connectivity index (χ0) is 14.8. The van der Waals surface area contributed by atoms with E-state index in [0.29, 0.717) is 18.8 Å². The Morgan fingerprint density at radius 3 is 2.65 bits per heavy atom. The van der Waals surface area contributed by atoms with Crippen LogP contribution >= 0.6 is 0 Å². The fourth-order valence-electron chi connectivity index (χ4n) is 2.38. The zero-order valence-corrected chi connectivity index (χ0v) is 12.7. The summed E-state index contributed by atoms with van der Waals surface area (Å²) in [6.45, 7) is 4.82. The smallest absolute Gasteiger partial charge is 0.225 e. The Morgan fingerprint density at radius 2 is 2.05 bits per heavy atom. The summed E-state index contributed by atoms with van der Waals surface area (Å²) in [7, 11) is -0.893. The lowest BCUT2D eigenvalue weighted by Gasteiger charge is -2.37. The Balaban J connectivity index is 1.97. The maximum Gasteiger partial charge on any atom is 0.225 e. The van der Waals surface area contributed by atoms with E-state index in [-0.39, 0.29) is 17.1 Å². The predicted octanol–water partition coefficient (Wildman–Crippen LogP) is 1.48. The molecule has 1 aliphatic heterocycles. The minimum Gasteiger partial charge on any atom is -0.388 e. The number of nitrogens with zero attached hydrogens (tertiary/aromatic N) is 1. The Kier molecular flexibility index (Phi) is 4.60. The van der Waals surface area contributed by atoms with Gasteiger partial charge in [0, 0.05) is 29.6 Å². The van der Waals surface area contributed by atoms with Crippen LogP contribution < -0.4 is 0 Å². The van der Waals surface area contributed by atoms with E-state index < -0.39 is 16.9 Å². The first-order chi connectivity index (χ1) is 9.40. The molecule has 1 heterocycles. The molecule has 1 aromatic carbocycles. The van der Waals surface area contributed by atoms with E-state index >= 15 is 0 Å². The summed E-state index contributed by atoms with van der Waals surface area (Å²) >= 11 is 0. The summed E-state index contributed by atoms with van der Waals surface area (Å²) in [5, 5.41) is 10.1. The van der Waals surface area contributed by atoms with Crippen LogP contribution in [0.1, 0.15) is 31.9 Å². The summed E-state index contributed by atoms with van der Waals surface area (Å²) < 4.78 is 11.5. The molecule has 1 amide bonds. The molecule has 0 radical (unpaired) electrons. The van der Waals surface area contributed by atoms with Crippen LogP contribution in [0.15, 0.2) is 30.3 Å². The van der Waals surface area contributed by atoms with Crippen LogP contribution in [0.2, 0.25) is 0 Å². The molecule has 110 valence electrons. The highest BCUT2D eigenvalue weighted by Gasteiger charge is 2.35. The van der Waals surface area contributed by atoms with Crippen LogP contribution in [-0.4, -0.2) is 43.7 Å². The third-order valence-electron chi connectivity index (χ3n) is 3.64. The maximum atomic E-state index is 12.2. The van der Waals surface area contributed by atoms with Crippen molar-refractivity contribution in [3.8, 4) is 0 Å². The summed E-state index contributed by atoms with van der Waals surface area (Å²) in [4.78, 5) is 14.0. The highest BCUT2D eigenvalue weighted by atomic mass is 32.2. The largest absolute Gasteiger partial charge is 0.388 e. The van der Waals surface area contributed by atoms with E-state index in [4.69, 9.17) is 0 Å². The van der Waals surface area contributed by atoms with Gasteiger partial charge < -0.3 is 10.0 Å². The van der Waals surface area contributed by atoms with Gasteiger partial charge in [0.15, 0.2) is 0 Å². The monoisotopic (exact) mass is 295 g/mol. The molecule has 0 bridgehead atoms. The van der Waals surface area contributed by atoms with E-state index in [1.165, 1.54) is 0 Å². The molecule has 1 saturated heterocycles. The van der Waals surface area contributed by atoms with Gasteiger partial charge in [-0.2, -0.15) is 0 Å². The van der Waals surface area contributed by atoms with Gasteiger partial charge in [-0.25, -0.2) is 0 Å². The van der Waals surface area contributed by atoms with Gasteiger partial charge in [-0.3, -0.25) is 9.00 Å². The first-order valence-electron chi connectivity index (χ1n) is 6.79. The second-order valence-electron chi connectivity index (χ2n) is 5.76. The normalized spacial score (nSPS) is 23.4. The standard InChI is InChI=1S/C15H21NO3S/c1-15(2)11-16(8-9-20(15)19)14(18)10-13(17)12-6-4-3-5-7-12/h3-7,13,17H,8-11H2,1-2H3. The Hall–Kier alpha value is -1.20. The minimum atomic E-state index is -0.893. The third kappa shape index (κ3) is 3.46. The minimum absolute atomic E-state index is 0.0761. The number of aliphatic hydroxyl groups is 1. The van der Waals surface area contributed by atoms with Crippen molar-refractivity contribution in [2.45, 2.75) is 31.1 Å². The predicted molar refractivity (Wildman–Crippen MR) is 79.7 cm³/mol. The van der Waals surface area contributed by atoms with Gasteiger partial charge >= 0.3 is 0 Å². The Bertz CT molecular complexity index is 501. The molecule has 0 saturated carbocycles. The highest BCUT2D eigenvalue weighted by molar-refractivity contribution is 7.86. The Labute approximate surface area is 122 Å². The first kappa shape index (κ1) is 15.2. The lowest BCUT2D eigenvalue weighted by molar-refractivity contribution is -0.133. The van der Waals surface area contributed by atoms with Crippen molar-refractivity contribution < 1.29 is 14.1 Å². The Morgan fingerprint density at radius 1 is 1.40 bits per heavy atom. The molecule has 1 aromatic rings. The lowest BCUT2D eigenvalue weighted by Crippen LogP contribution is -2.52. The molecule has 4 nitrogen and oxygen atoms in total. The molecule has 1 fully saturated rings. The van der Waals surface area contributed by atoms with Gasteiger partial charge in [0.25, 0.3) is 0 Å². The zero-order valence-electron chi connectivity index (χ0n) is 11.9. The van der Waals surface area contributed by atoms with Crippen molar-refractivity contribution in [3.05, 3.63) is 35.9 Å². The fraction of sp³-hybridized carbons (Fsp3) is 0.533. The van der Waals surface area contributed by atoms with Gasteiger partial charge in [-0.15, -0.1) is 0 Å². The van der Waals surface area contributed by atoms with Crippen molar-refractivity contribution in [2.24, 2.45) is 0 Å². The average Bonchev–Trinajstić information content (AvgIpc) is 2.42. The summed E-state index contributed by atoms with van der Waals surface area (Å²) in [5.74, 6) is 0.436. The number of aliphatic hydroxyl groups excluding tert-OH is 1. The molecule has 0 aromatic heterocycles. The number of amides is 1. The van der Waals surface area contributed by atoms with Crippen LogP contribution in [0.25, 0.3) is 0 Å². The van der Waals surface area contributed by atoms with Gasteiger partial charge in [0.2, 0.25) is 5.91 Å². The molecule has 2 unspecified atom stereocenters. The number of carbonyl (C=O) groups excluding carboxylic acids is 1. The topological polar surface area (TPSA) is 57.6 Å². The molecule has 1 N–H and O–H groups in total. The van der Waals surface area contributed by atoms with Gasteiger partial charge in [-0.05, 0) is 19.4 Å². The third-order valence-corrected chi connectivity index (χ3v) is 5.55. The van der Waals surface area contributed by atoms with Crippen molar-refractivity contribution in [1.82, 2.24) is 4.90 Å². The first-order valence-corrected chi connectivity index (χ1v) is 8.11.